The first kappa shape index (κ1) is 12.1. The van der Waals surface area contributed by atoms with E-state index in [2.05, 4.69) is 13.8 Å². The maximum atomic E-state index is 7.39. The van der Waals surface area contributed by atoms with Crippen molar-refractivity contribution >= 4 is 6.21 Å². The Labute approximate surface area is 101 Å². The Morgan fingerprint density at radius 2 is 1.38 bits per heavy atom. The summed E-state index contributed by atoms with van der Waals surface area (Å²) < 4.78 is 0. The van der Waals surface area contributed by atoms with Gasteiger partial charge in [-0.05, 0) is 61.5 Å². The summed E-state index contributed by atoms with van der Waals surface area (Å²) in [6.07, 6.45) is 14.1. The molecule has 0 unspecified atom stereocenters. The molecule has 2 fully saturated rings. The third-order valence-electron chi connectivity index (χ3n) is 5.78. The van der Waals surface area contributed by atoms with E-state index in [1.54, 1.807) is 6.21 Å². The zero-order valence-corrected chi connectivity index (χ0v) is 11.0. The van der Waals surface area contributed by atoms with Gasteiger partial charge in [-0.25, -0.2) is 0 Å². The highest BCUT2D eigenvalue weighted by molar-refractivity contribution is 5.56. The van der Waals surface area contributed by atoms with Crippen LogP contribution in [0.4, 0.5) is 0 Å². The molecule has 0 aromatic rings. The van der Waals surface area contributed by atoms with E-state index in [1.165, 1.54) is 57.8 Å². The summed E-state index contributed by atoms with van der Waals surface area (Å²) in [6, 6.07) is 0. The monoisotopic (exact) mass is 221 g/mol. The predicted octanol–water partition coefficient (Wildman–Crippen LogP) is 4.80. The van der Waals surface area contributed by atoms with Gasteiger partial charge >= 0.3 is 0 Å². The van der Waals surface area contributed by atoms with Gasteiger partial charge in [-0.2, -0.15) is 0 Å². The van der Waals surface area contributed by atoms with Crippen LogP contribution in [0.25, 0.3) is 0 Å². The molecule has 2 aliphatic rings. The van der Waals surface area contributed by atoms with E-state index in [0.717, 1.165) is 0 Å². The summed E-state index contributed by atoms with van der Waals surface area (Å²) in [5.41, 5.74) is 1.16. The van der Waals surface area contributed by atoms with Gasteiger partial charge < -0.3 is 5.41 Å². The molecule has 16 heavy (non-hydrogen) atoms. The Bertz CT molecular complexity index is 242. The molecule has 1 N–H and O–H groups in total. The van der Waals surface area contributed by atoms with Gasteiger partial charge in [0.2, 0.25) is 0 Å². The molecule has 0 heterocycles. The van der Waals surface area contributed by atoms with Gasteiger partial charge in [0.05, 0.1) is 0 Å². The molecule has 2 rings (SSSR count). The number of rotatable bonds is 2. The van der Waals surface area contributed by atoms with Crippen LogP contribution in [0.5, 0.6) is 0 Å². The molecule has 0 atom stereocenters. The highest BCUT2D eigenvalue weighted by atomic mass is 14.5. The zero-order chi connectivity index (χ0) is 11.6. The fourth-order valence-corrected chi connectivity index (χ4v) is 3.98. The van der Waals surface area contributed by atoms with Gasteiger partial charge in [0.1, 0.15) is 0 Å². The Morgan fingerprint density at radius 1 is 0.875 bits per heavy atom. The Morgan fingerprint density at radius 3 is 1.88 bits per heavy atom. The van der Waals surface area contributed by atoms with Gasteiger partial charge in [0.15, 0.2) is 0 Å². The number of hydrogen-bond acceptors (Lipinski definition) is 1. The molecule has 2 saturated carbocycles. The first-order chi connectivity index (χ1) is 7.60. The third-order valence-corrected chi connectivity index (χ3v) is 5.78. The quantitative estimate of drug-likeness (QED) is 0.647. The van der Waals surface area contributed by atoms with Crippen molar-refractivity contribution < 1.29 is 0 Å². The van der Waals surface area contributed by atoms with Crippen LogP contribution < -0.4 is 0 Å². The minimum absolute atomic E-state index is 0.562. The van der Waals surface area contributed by atoms with Crippen molar-refractivity contribution in [3.05, 3.63) is 0 Å². The lowest BCUT2D eigenvalue weighted by molar-refractivity contribution is -0.00892. The lowest BCUT2D eigenvalue weighted by atomic mass is 9.53. The van der Waals surface area contributed by atoms with Gasteiger partial charge in [0.25, 0.3) is 0 Å². The van der Waals surface area contributed by atoms with Crippen molar-refractivity contribution in [3.63, 3.8) is 0 Å². The van der Waals surface area contributed by atoms with E-state index < -0.39 is 0 Å². The van der Waals surface area contributed by atoms with Crippen molar-refractivity contribution in [3.8, 4) is 0 Å². The predicted molar refractivity (Wildman–Crippen MR) is 70.0 cm³/mol. The first-order valence-electron chi connectivity index (χ1n) is 7.10. The maximum absolute atomic E-state index is 7.39. The Hall–Kier alpha value is -0.330. The minimum Gasteiger partial charge on any atom is -0.313 e. The molecule has 0 saturated heterocycles. The Kier molecular flexibility index (Phi) is 3.42. The van der Waals surface area contributed by atoms with Crippen LogP contribution in [-0.2, 0) is 0 Å². The van der Waals surface area contributed by atoms with Crippen LogP contribution in [0.2, 0.25) is 0 Å². The molecule has 2 aliphatic carbocycles. The van der Waals surface area contributed by atoms with E-state index >= 15 is 0 Å². The lowest BCUT2D eigenvalue weighted by Crippen LogP contribution is -2.42. The van der Waals surface area contributed by atoms with Crippen LogP contribution >= 0.6 is 0 Å². The van der Waals surface area contributed by atoms with Crippen molar-refractivity contribution in [2.24, 2.45) is 16.7 Å². The maximum Gasteiger partial charge on any atom is -0.00167 e. The summed E-state index contributed by atoms with van der Waals surface area (Å²) in [6.45, 7) is 5.06. The SMILES string of the molecule is CC1(C2(C)CCC(C=N)CC2)CCCCC1. The number of nitrogens with one attached hydrogen (secondary N) is 1. The molecule has 0 amide bonds. The molecular formula is C15H27N. The average Bonchev–Trinajstić information content (AvgIpc) is 2.31. The molecule has 92 valence electrons. The second-order valence-corrected chi connectivity index (χ2v) is 6.69. The molecule has 1 heteroatoms. The normalized spacial score (nSPS) is 39.2. The van der Waals surface area contributed by atoms with Gasteiger partial charge in [0, 0.05) is 0 Å². The van der Waals surface area contributed by atoms with Crippen molar-refractivity contribution in [2.75, 3.05) is 0 Å². The van der Waals surface area contributed by atoms with E-state index in [4.69, 9.17) is 5.41 Å². The highest BCUT2D eigenvalue weighted by Crippen LogP contribution is 2.56. The van der Waals surface area contributed by atoms with E-state index in [9.17, 15) is 0 Å². The third kappa shape index (κ3) is 2.06. The molecule has 0 spiro atoms. The highest BCUT2D eigenvalue weighted by Gasteiger charge is 2.45. The summed E-state index contributed by atoms with van der Waals surface area (Å²) in [4.78, 5) is 0. The molecule has 0 radical (unpaired) electrons. The van der Waals surface area contributed by atoms with Crippen LogP contribution in [0.1, 0.15) is 71.6 Å². The summed E-state index contributed by atoms with van der Waals surface area (Å²) >= 11 is 0. The molecule has 0 aliphatic heterocycles. The zero-order valence-electron chi connectivity index (χ0n) is 11.0. The molecular weight excluding hydrogens is 194 g/mol. The molecule has 0 aromatic carbocycles. The van der Waals surface area contributed by atoms with Crippen LogP contribution in [0, 0.1) is 22.2 Å². The fraction of sp³-hybridized carbons (Fsp3) is 0.933. The minimum atomic E-state index is 0.562. The summed E-state index contributed by atoms with van der Waals surface area (Å²) in [7, 11) is 0. The Balaban J connectivity index is 2.04. The smallest absolute Gasteiger partial charge is 0.00167 e. The molecule has 0 bridgehead atoms. The lowest BCUT2D eigenvalue weighted by Gasteiger charge is -2.52. The molecule has 0 aromatic heterocycles. The van der Waals surface area contributed by atoms with E-state index in [0.29, 0.717) is 16.7 Å². The molecule has 1 nitrogen and oxygen atoms in total. The van der Waals surface area contributed by atoms with Crippen molar-refractivity contribution in [1.29, 1.82) is 5.41 Å². The largest absolute Gasteiger partial charge is 0.313 e. The second kappa shape index (κ2) is 4.50. The van der Waals surface area contributed by atoms with Gasteiger partial charge in [-0.15, -0.1) is 0 Å². The van der Waals surface area contributed by atoms with Crippen molar-refractivity contribution in [1.82, 2.24) is 0 Å². The topological polar surface area (TPSA) is 23.9 Å². The van der Waals surface area contributed by atoms with Crippen LogP contribution in [0.3, 0.4) is 0 Å². The fourth-order valence-electron chi connectivity index (χ4n) is 3.98. The van der Waals surface area contributed by atoms with Gasteiger partial charge in [-0.1, -0.05) is 33.1 Å². The first-order valence-corrected chi connectivity index (χ1v) is 7.10. The van der Waals surface area contributed by atoms with E-state index in [-0.39, 0.29) is 0 Å². The van der Waals surface area contributed by atoms with E-state index in [1.807, 2.05) is 0 Å². The second-order valence-electron chi connectivity index (χ2n) is 6.69. The van der Waals surface area contributed by atoms with Crippen LogP contribution in [0.15, 0.2) is 0 Å². The standard InChI is InChI=1S/C15H27N/c1-14(8-4-3-5-9-14)15(2)10-6-13(12-16)7-11-15/h12-13,16H,3-11H2,1-2H3. The average molecular weight is 221 g/mol. The van der Waals surface area contributed by atoms with Crippen LogP contribution in [-0.4, -0.2) is 6.21 Å². The van der Waals surface area contributed by atoms with Gasteiger partial charge in [-0.3, -0.25) is 0 Å². The number of hydrogen-bond donors (Lipinski definition) is 1. The summed E-state index contributed by atoms with van der Waals surface area (Å²) in [5.74, 6) is 0.584. The summed E-state index contributed by atoms with van der Waals surface area (Å²) in [5, 5.41) is 7.39. The van der Waals surface area contributed by atoms with Crippen molar-refractivity contribution in [2.45, 2.75) is 71.6 Å².